The summed E-state index contributed by atoms with van der Waals surface area (Å²) >= 11 is 0. The van der Waals surface area contributed by atoms with Crippen molar-refractivity contribution in [3.8, 4) is 0 Å². The van der Waals surface area contributed by atoms with E-state index in [4.69, 9.17) is 4.42 Å². The minimum absolute atomic E-state index is 0.144. The Morgan fingerprint density at radius 1 is 1.33 bits per heavy atom. The molecule has 0 bridgehead atoms. The normalized spacial score (nSPS) is 12.6. The number of hydrogen-bond donors (Lipinski definition) is 1. The lowest BCUT2D eigenvalue weighted by atomic mass is 9.97. The molecule has 1 heterocycles. The van der Waals surface area contributed by atoms with Crippen molar-refractivity contribution in [2.45, 2.75) is 25.8 Å². The summed E-state index contributed by atoms with van der Waals surface area (Å²) in [6, 6.07) is 8.92. The van der Waals surface area contributed by atoms with Gasteiger partial charge in [-0.3, -0.25) is 0 Å². The van der Waals surface area contributed by atoms with Crippen LogP contribution in [0.4, 0.5) is 4.39 Å². The summed E-state index contributed by atoms with van der Waals surface area (Å²) in [5.74, 6) is 0.776. The Labute approximate surface area is 107 Å². The molecule has 2 nitrogen and oxygen atoms in total. The highest BCUT2D eigenvalue weighted by Crippen LogP contribution is 2.23. The van der Waals surface area contributed by atoms with E-state index in [2.05, 4.69) is 5.32 Å². The Morgan fingerprint density at radius 3 is 2.83 bits per heavy atom. The van der Waals surface area contributed by atoms with E-state index in [0.717, 1.165) is 29.7 Å². The fraction of sp³-hybridized carbons (Fsp3) is 0.333. The van der Waals surface area contributed by atoms with Crippen LogP contribution in [0, 0.1) is 12.7 Å². The van der Waals surface area contributed by atoms with Gasteiger partial charge >= 0.3 is 0 Å². The van der Waals surface area contributed by atoms with Crippen LogP contribution in [0.15, 0.2) is 41.0 Å². The molecule has 0 aliphatic carbocycles. The summed E-state index contributed by atoms with van der Waals surface area (Å²) < 4.78 is 18.6. The van der Waals surface area contributed by atoms with Gasteiger partial charge < -0.3 is 9.73 Å². The highest BCUT2D eigenvalue weighted by atomic mass is 19.1. The van der Waals surface area contributed by atoms with Crippen LogP contribution in [0.2, 0.25) is 0 Å². The number of rotatable bonds is 5. The van der Waals surface area contributed by atoms with E-state index in [1.807, 2.05) is 32.2 Å². The van der Waals surface area contributed by atoms with Crippen molar-refractivity contribution in [1.29, 1.82) is 0 Å². The van der Waals surface area contributed by atoms with Crippen molar-refractivity contribution >= 4 is 0 Å². The van der Waals surface area contributed by atoms with Crippen LogP contribution < -0.4 is 5.32 Å². The van der Waals surface area contributed by atoms with Gasteiger partial charge in [-0.2, -0.15) is 0 Å². The molecule has 1 atom stereocenters. The van der Waals surface area contributed by atoms with Crippen LogP contribution in [-0.2, 0) is 6.42 Å². The Morgan fingerprint density at radius 2 is 2.17 bits per heavy atom. The first-order valence-electron chi connectivity index (χ1n) is 6.16. The first kappa shape index (κ1) is 12.8. The lowest BCUT2D eigenvalue weighted by Gasteiger charge is -2.18. The first-order valence-corrected chi connectivity index (χ1v) is 6.16. The van der Waals surface area contributed by atoms with E-state index >= 15 is 0 Å². The number of benzene rings is 1. The average Bonchev–Trinajstić information content (AvgIpc) is 2.87. The third-order valence-electron chi connectivity index (χ3n) is 3.22. The molecule has 18 heavy (non-hydrogen) atoms. The smallest absolute Gasteiger partial charge is 0.123 e. The number of hydrogen-bond acceptors (Lipinski definition) is 2. The Hall–Kier alpha value is -1.61. The zero-order chi connectivity index (χ0) is 13.0. The minimum atomic E-state index is -0.186. The molecule has 0 spiro atoms. The Kier molecular flexibility index (Phi) is 4.15. The monoisotopic (exact) mass is 247 g/mol. The molecule has 2 rings (SSSR count). The maximum Gasteiger partial charge on any atom is 0.123 e. The molecule has 0 radical (unpaired) electrons. The number of nitrogens with one attached hydrogen (secondary N) is 1. The summed E-state index contributed by atoms with van der Waals surface area (Å²) in [5, 5.41) is 3.24. The maximum atomic E-state index is 13.3. The quantitative estimate of drug-likeness (QED) is 0.873. The van der Waals surface area contributed by atoms with Crippen molar-refractivity contribution in [3.63, 3.8) is 0 Å². The third kappa shape index (κ3) is 2.99. The molecule has 1 aromatic carbocycles. The van der Waals surface area contributed by atoms with E-state index < -0.39 is 0 Å². The second-order valence-electron chi connectivity index (χ2n) is 4.46. The van der Waals surface area contributed by atoms with Crippen molar-refractivity contribution in [2.24, 2.45) is 0 Å². The van der Waals surface area contributed by atoms with Gasteiger partial charge in [-0.15, -0.1) is 0 Å². The number of aryl methyl sites for hydroxylation is 2. The molecule has 0 aliphatic heterocycles. The van der Waals surface area contributed by atoms with E-state index in [1.54, 1.807) is 12.3 Å². The predicted molar refractivity (Wildman–Crippen MR) is 70.0 cm³/mol. The largest absolute Gasteiger partial charge is 0.469 e. The van der Waals surface area contributed by atoms with Crippen LogP contribution in [0.3, 0.4) is 0 Å². The van der Waals surface area contributed by atoms with Crippen molar-refractivity contribution in [3.05, 3.63) is 59.3 Å². The van der Waals surface area contributed by atoms with Gasteiger partial charge in [0.1, 0.15) is 11.6 Å². The molecule has 2 aromatic rings. The summed E-state index contributed by atoms with van der Waals surface area (Å²) in [5.41, 5.74) is 2.12. The second kappa shape index (κ2) is 5.83. The van der Waals surface area contributed by atoms with Gasteiger partial charge in [-0.05, 0) is 55.8 Å². The van der Waals surface area contributed by atoms with E-state index in [-0.39, 0.29) is 11.9 Å². The topological polar surface area (TPSA) is 25.2 Å². The standard InChI is InChI=1S/C15H18FNO/c1-11-5-6-12(16)10-14(11)15(17-2)8-7-13-4-3-9-18-13/h3-6,9-10,15,17H,7-8H2,1-2H3. The van der Waals surface area contributed by atoms with Crippen LogP contribution >= 0.6 is 0 Å². The van der Waals surface area contributed by atoms with Gasteiger partial charge in [0.05, 0.1) is 6.26 Å². The second-order valence-corrected chi connectivity index (χ2v) is 4.46. The molecule has 0 fully saturated rings. The summed E-state index contributed by atoms with van der Waals surface area (Å²) in [6.45, 7) is 2.01. The zero-order valence-electron chi connectivity index (χ0n) is 10.7. The van der Waals surface area contributed by atoms with E-state index in [0.29, 0.717) is 0 Å². The summed E-state index contributed by atoms with van der Waals surface area (Å²) in [4.78, 5) is 0. The van der Waals surface area contributed by atoms with Crippen molar-refractivity contribution in [1.82, 2.24) is 5.32 Å². The van der Waals surface area contributed by atoms with E-state index in [9.17, 15) is 4.39 Å². The fourth-order valence-corrected chi connectivity index (χ4v) is 2.18. The van der Waals surface area contributed by atoms with Gasteiger partial charge in [0.2, 0.25) is 0 Å². The molecule has 0 saturated heterocycles. The third-order valence-corrected chi connectivity index (χ3v) is 3.22. The first-order chi connectivity index (χ1) is 8.70. The average molecular weight is 247 g/mol. The van der Waals surface area contributed by atoms with Gasteiger partial charge in [-0.25, -0.2) is 4.39 Å². The van der Waals surface area contributed by atoms with Gasteiger partial charge in [0.25, 0.3) is 0 Å². The Bertz CT molecular complexity index is 493. The number of furan rings is 1. The van der Waals surface area contributed by atoms with Gasteiger partial charge in [0.15, 0.2) is 0 Å². The van der Waals surface area contributed by atoms with Crippen molar-refractivity contribution < 1.29 is 8.81 Å². The van der Waals surface area contributed by atoms with Crippen LogP contribution in [-0.4, -0.2) is 7.05 Å². The van der Waals surface area contributed by atoms with Gasteiger partial charge in [-0.1, -0.05) is 6.07 Å². The van der Waals surface area contributed by atoms with Gasteiger partial charge in [0, 0.05) is 12.5 Å². The molecule has 0 aliphatic rings. The zero-order valence-corrected chi connectivity index (χ0v) is 10.7. The molecule has 96 valence electrons. The molecule has 1 aromatic heterocycles. The molecular formula is C15H18FNO. The molecule has 1 unspecified atom stereocenters. The van der Waals surface area contributed by atoms with Crippen LogP contribution in [0.5, 0.6) is 0 Å². The minimum Gasteiger partial charge on any atom is -0.469 e. The summed E-state index contributed by atoms with van der Waals surface area (Å²) in [7, 11) is 1.90. The molecule has 1 N–H and O–H groups in total. The highest BCUT2D eigenvalue weighted by molar-refractivity contribution is 5.29. The molecule has 0 amide bonds. The predicted octanol–water partition coefficient (Wildman–Crippen LogP) is 3.62. The SMILES string of the molecule is CNC(CCc1ccco1)c1cc(F)ccc1C. The molecule has 3 heteroatoms. The molecular weight excluding hydrogens is 229 g/mol. The highest BCUT2D eigenvalue weighted by Gasteiger charge is 2.13. The lowest BCUT2D eigenvalue weighted by Crippen LogP contribution is -2.18. The van der Waals surface area contributed by atoms with Crippen molar-refractivity contribution in [2.75, 3.05) is 7.05 Å². The van der Waals surface area contributed by atoms with Crippen LogP contribution in [0.1, 0.15) is 29.3 Å². The molecule has 0 saturated carbocycles. The lowest BCUT2D eigenvalue weighted by molar-refractivity contribution is 0.467. The maximum absolute atomic E-state index is 13.3. The Balaban J connectivity index is 2.10. The number of halogens is 1. The summed E-state index contributed by atoms with van der Waals surface area (Å²) in [6.07, 6.45) is 3.40. The fourth-order valence-electron chi connectivity index (χ4n) is 2.18. The van der Waals surface area contributed by atoms with E-state index in [1.165, 1.54) is 6.07 Å². The van der Waals surface area contributed by atoms with Crippen LogP contribution in [0.25, 0.3) is 0 Å².